The van der Waals surface area contributed by atoms with E-state index >= 15 is 0 Å². The SMILES string of the molecule is N#CC1=CN(Cc2ccc(C(F)(F)F)cc2)c2cc(NCCN)c(F)cc2C1O. The zero-order chi connectivity index (χ0) is 21.2. The number of aliphatic hydroxyl groups is 1. The fourth-order valence-electron chi connectivity index (χ4n) is 3.08. The van der Waals surface area contributed by atoms with Gasteiger partial charge in [-0.3, -0.25) is 0 Å². The lowest BCUT2D eigenvalue weighted by Crippen LogP contribution is -2.25. The fraction of sp³-hybridized carbons (Fsp3) is 0.250. The second kappa shape index (κ2) is 8.11. The largest absolute Gasteiger partial charge is 0.416 e. The molecule has 3 rings (SSSR count). The first-order chi connectivity index (χ1) is 13.7. The van der Waals surface area contributed by atoms with Crippen molar-refractivity contribution < 1.29 is 22.7 Å². The summed E-state index contributed by atoms with van der Waals surface area (Å²) < 4.78 is 52.7. The van der Waals surface area contributed by atoms with E-state index in [1.165, 1.54) is 24.4 Å². The van der Waals surface area contributed by atoms with E-state index in [0.717, 1.165) is 18.2 Å². The fourth-order valence-corrected chi connectivity index (χ4v) is 3.08. The second-order valence-electron chi connectivity index (χ2n) is 6.53. The van der Waals surface area contributed by atoms with E-state index in [4.69, 9.17) is 5.73 Å². The van der Waals surface area contributed by atoms with Crippen molar-refractivity contribution in [2.45, 2.75) is 18.8 Å². The first kappa shape index (κ1) is 20.6. The molecule has 2 aromatic carbocycles. The van der Waals surface area contributed by atoms with Crippen LogP contribution in [0.1, 0.15) is 22.8 Å². The smallest absolute Gasteiger partial charge is 0.383 e. The van der Waals surface area contributed by atoms with Crippen LogP contribution in [-0.4, -0.2) is 18.2 Å². The number of nitrogens with one attached hydrogen (secondary N) is 1. The summed E-state index contributed by atoms with van der Waals surface area (Å²) in [4.78, 5) is 1.59. The molecule has 1 aliphatic rings. The Balaban J connectivity index is 1.97. The van der Waals surface area contributed by atoms with Crippen LogP contribution in [0.25, 0.3) is 0 Å². The normalized spacial score (nSPS) is 16.1. The lowest BCUT2D eigenvalue weighted by atomic mass is 9.95. The number of nitrogens with two attached hydrogens (primary N) is 1. The van der Waals surface area contributed by atoms with Crippen molar-refractivity contribution in [2.24, 2.45) is 5.73 Å². The maximum atomic E-state index is 14.4. The summed E-state index contributed by atoms with van der Waals surface area (Å²) in [5.74, 6) is -0.607. The van der Waals surface area contributed by atoms with Crippen molar-refractivity contribution in [2.75, 3.05) is 23.3 Å². The third kappa shape index (κ3) is 4.34. The predicted molar refractivity (Wildman–Crippen MR) is 100 cm³/mol. The van der Waals surface area contributed by atoms with Crippen LogP contribution in [0.2, 0.25) is 0 Å². The highest BCUT2D eigenvalue weighted by molar-refractivity contribution is 5.69. The van der Waals surface area contributed by atoms with E-state index in [1.807, 2.05) is 6.07 Å². The molecule has 0 aliphatic carbocycles. The van der Waals surface area contributed by atoms with Crippen LogP contribution in [-0.2, 0) is 12.7 Å². The van der Waals surface area contributed by atoms with E-state index in [1.54, 1.807) is 4.90 Å². The maximum Gasteiger partial charge on any atom is 0.416 e. The van der Waals surface area contributed by atoms with Gasteiger partial charge < -0.3 is 21.1 Å². The molecule has 0 amide bonds. The number of nitriles is 1. The van der Waals surface area contributed by atoms with Crippen LogP contribution in [0.15, 0.2) is 48.2 Å². The molecule has 1 atom stereocenters. The van der Waals surface area contributed by atoms with Gasteiger partial charge in [0.2, 0.25) is 0 Å². The van der Waals surface area contributed by atoms with E-state index < -0.39 is 23.7 Å². The van der Waals surface area contributed by atoms with Crippen molar-refractivity contribution in [1.29, 1.82) is 5.26 Å². The van der Waals surface area contributed by atoms with Crippen molar-refractivity contribution in [1.82, 2.24) is 0 Å². The summed E-state index contributed by atoms with van der Waals surface area (Å²) in [6.07, 6.45) is -4.32. The molecule has 0 fully saturated rings. The number of anilines is 2. The number of hydrogen-bond acceptors (Lipinski definition) is 5. The Morgan fingerprint density at radius 3 is 2.48 bits per heavy atom. The zero-order valence-electron chi connectivity index (χ0n) is 15.2. The molecule has 1 unspecified atom stereocenters. The zero-order valence-corrected chi connectivity index (χ0v) is 15.2. The van der Waals surface area contributed by atoms with Gasteiger partial charge >= 0.3 is 6.18 Å². The molecule has 152 valence electrons. The number of alkyl halides is 3. The number of aliphatic hydroxyl groups excluding tert-OH is 1. The minimum absolute atomic E-state index is 0.00600. The lowest BCUT2D eigenvalue weighted by molar-refractivity contribution is -0.137. The van der Waals surface area contributed by atoms with Gasteiger partial charge in [-0.05, 0) is 29.8 Å². The van der Waals surface area contributed by atoms with Crippen molar-refractivity contribution in [3.8, 4) is 6.07 Å². The number of nitrogens with zero attached hydrogens (tertiary/aromatic N) is 2. The maximum absolute atomic E-state index is 14.4. The molecule has 0 radical (unpaired) electrons. The molecule has 4 N–H and O–H groups in total. The molecule has 1 aliphatic heterocycles. The summed E-state index contributed by atoms with van der Waals surface area (Å²) >= 11 is 0. The molecule has 0 aromatic heterocycles. The van der Waals surface area contributed by atoms with Gasteiger partial charge in [0.05, 0.1) is 22.9 Å². The van der Waals surface area contributed by atoms with Crippen molar-refractivity contribution >= 4 is 11.4 Å². The van der Waals surface area contributed by atoms with Gasteiger partial charge in [-0.15, -0.1) is 0 Å². The molecule has 2 aromatic rings. The Hall–Kier alpha value is -3.09. The number of rotatable bonds is 5. The Morgan fingerprint density at radius 1 is 1.21 bits per heavy atom. The summed E-state index contributed by atoms with van der Waals surface area (Å²) in [5.41, 5.74) is 6.04. The summed E-state index contributed by atoms with van der Waals surface area (Å²) in [5, 5.41) is 22.5. The third-order valence-electron chi connectivity index (χ3n) is 4.53. The number of halogens is 4. The molecule has 9 heteroatoms. The Labute approximate surface area is 164 Å². The molecule has 29 heavy (non-hydrogen) atoms. The van der Waals surface area contributed by atoms with Gasteiger partial charge in [-0.1, -0.05) is 12.1 Å². The van der Waals surface area contributed by atoms with Crippen molar-refractivity contribution in [3.05, 3.63) is 70.7 Å². The predicted octanol–water partition coefficient (Wildman–Crippen LogP) is 3.68. The first-order valence-corrected chi connectivity index (χ1v) is 8.74. The van der Waals surface area contributed by atoms with Crippen LogP contribution in [0, 0.1) is 17.1 Å². The van der Waals surface area contributed by atoms with E-state index in [9.17, 15) is 27.9 Å². The number of fused-ring (bicyclic) bond motifs is 1. The molecule has 1 heterocycles. The minimum Gasteiger partial charge on any atom is -0.383 e. The third-order valence-corrected chi connectivity index (χ3v) is 4.53. The highest BCUT2D eigenvalue weighted by atomic mass is 19.4. The van der Waals surface area contributed by atoms with Gasteiger partial charge in [-0.25, -0.2) is 4.39 Å². The van der Waals surface area contributed by atoms with E-state index in [0.29, 0.717) is 17.8 Å². The summed E-state index contributed by atoms with van der Waals surface area (Å²) in [7, 11) is 0. The standard InChI is InChI=1S/C20H18F4N4O/c21-16-7-15-18(8-17(16)27-6-5-25)28(11-13(9-26)19(15)29)10-12-1-3-14(4-2-12)20(22,23)24/h1-4,7-8,11,19,27,29H,5-6,10,25H2. The van der Waals surface area contributed by atoms with Crippen LogP contribution in [0.4, 0.5) is 28.9 Å². The lowest BCUT2D eigenvalue weighted by Gasteiger charge is -2.31. The molecular weight excluding hydrogens is 388 g/mol. The number of benzene rings is 2. The molecule has 0 saturated carbocycles. The van der Waals surface area contributed by atoms with Gasteiger partial charge in [0, 0.05) is 37.1 Å². The van der Waals surface area contributed by atoms with Gasteiger partial charge in [0.25, 0.3) is 0 Å². The van der Waals surface area contributed by atoms with Crippen LogP contribution in [0.3, 0.4) is 0 Å². The quantitative estimate of drug-likeness (QED) is 0.660. The molecule has 0 saturated heterocycles. The van der Waals surface area contributed by atoms with Gasteiger partial charge in [-0.2, -0.15) is 18.4 Å². The Morgan fingerprint density at radius 2 is 1.90 bits per heavy atom. The average molecular weight is 406 g/mol. The minimum atomic E-state index is -4.44. The highest BCUT2D eigenvalue weighted by Gasteiger charge is 2.31. The number of hydrogen-bond donors (Lipinski definition) is 3. The molecule has 0 spiro atoms. The average Bonchev–Trinajstić information content (AvgIpc) is 2.68. The van der Waals surface area contributed by atoms with Gasteiger partial charge in [0.1, 0.15) is 11.9 Å². The van der Waals surface area contributed by atoms with E-state index in [-0.39, 0.29) is 29.9 Å². The summed E-state index contributed by atoms with van der Waals surface area (Å²) in [6.45, 7) is 0.744. The Kier molecular flexibility index (Phi) is 5.77. The second-order valence-corrected chi connectivity index (χ2v) is 6.53. The van der Waals surface area contributed by atoms with Crippen LogP contribution in [0.5, 0.6) is 0 Å². The molecule has 5 nitrogen and oxygen atoms in total. The topological polar surface area (TPSA) is 85.3 Å². The molecular formula is C20H18F4N4O. The van der Waals surface area contributed by atoms with Gasteiger partial charge in [0.15, 0.2) is 0 Å². The monoisotopic (exact) mass is 406 g/mol. The van der Waals surface area contributed by atoms with Crippen LogP contribution < -0.4 is 16.0 Å². The van der Waals surface area contributed by atoms with E-state index in [2.05, 4.69) is 5.32 Å². The Bertz CT molecular complexity index is 964. The summed E-state index contributed by atoms with van der Waals surface area (Å²) in [6, 6.07) is 9.13. The highest BCUT2D eigenvalue weighted by Crippen LogP contribution is 2.39. The first-order valence-electron chi connectivity index (χ1n) is 8.74. The van der Waals surface area contributed by atoms with Crippen molar-refractivity contribution in [3.63, 3.8) is 0 Å². The van der Waals surface area contributed by atoms with Crippen LogP contribution >= 0.6 is 0 Å². The molecule has 0 bridgehead atoms.